The summed E-state index contributed by atoms with van der Waals surface area (Å²) in [5.41, 5.74) is 2.21. The summed E-state index contributed by atoms with van der Waals surface area (Å²) in [6, 6.07) is 14.0. The van der Waals surface area contributed by atoms with Crippen LogP contribution in [0.3, 0.4) is 0 Å². The summed E-state index contributed by atoms with van der Waals surface area (Å²) in [6.07, 6.45) is 1.79. The van der Waals surface area contributed by atoms with Crippen molar-refractivity contribution in [3.05, 3.63) is 54.2 Å². The molecule has 2 aromatic carbocycles. The zero-order valence-corrected chi connectivity index (χ0v) is 12.9. The van der Waals surface area contributed by atoms with Crippen molar-refractivity contribution in [3.8, 4) is 11.5 Å². The second-order valence-electron chi connectivity index (χ2n) is 5.03. The van der Waals surface area contributed by atoms with E-state index in [9.17, 15) is 0 Å². The van der Waals surface area contributed by atoms with Gasteiger partial charge in [-0.05, 0) is 42.1 Å². The summed E-state index contributed by atoms with van der Waals surface area (Å²) in [5, 5.41) is 5.43. The van der Waals surface area contributed by atoms with Crippen LogP contribution >= 0.6 is 0 Å². The fraction of sp³-hybridized carbons (Fsp3) is 0.167. The lowest BCUT2D eigenvalue weighted by atomic mass is 10.1. The zero-order chi connectivity index (χ0) is 15.5. The lowest BCUT2D eigenvalue weighted by molar-refractivity contribution is 0.356. The smallest absolute Gasteiger partial charge is 0.161 e. The van der Waals surface area contributed by atoms with Crippen LogP contribution in [0.15, 0.2) is 48.7 Å². The van der Waals surface area contributed by atoms with Crippen LogP contribution in [0.25, 0.3) is 10.8 Å². The van der Waals surface area contributed by atoms with Gasteiger partial charge >= 0.3 is 0 Å². The number of benzene rings is 2. The fourth-order valence-corrected chi connectivity index (χ4v) is 2.44. The Morgan fingerprint density at radius 1 is 0.955 bits per heavy atom. The molecule has 1 heterocycles. The fourth-order valence-electron chi connectivity index (χ4n) is 2.44. The van der Waals surface area contributed by atoms with Gasteiger partial charge in [-0.25, -0.2) is 4.98 Å². The molecule has 0 unspecified atom stereocenters. The van der Waals surface area contributed by atoms with E-state index in [1.54, 1.807) is 20.4 Å². The number of methoxy groups -OCH3 is 2. The van der Waals surface area contributed by atoms with Gasteiger partial charge in [0.05, 0.1) is 14.2 Å². The Bertz CT molecular complexity index is 815. The van der Waals surface area contributed by atoms with Crippen LogP contribution in [0.1, 0.15) is 5.56 Å². The highest BCUT2D eigenvalue weighted by Gasteiger charge is 2.10. The summed E-state index contributed by atoms with van der Waals surface area (Å²) in [4.78, 5) is 4.47. The predicted molar refractivity (Wildman–Crippen MR) is 89.3 cm³/mol. The van der Waals surface area contributed by atoms with Crippen LogP contribution in [0.4, 0.5) is 11.5 Å². The van der Waals surface area contributed by atoms with Gasteiger partial charge in [0.2, 0.25) is 0 Å². The molecule has 0 aliphatic carbocycles. The van der Waals surface area contributed by atoms with E-state index >= 15 is 0 Å². The first-order valence-corrected chi connectivity index (χ1v) is 7.06. The number of para-hydroxylation sites is 1. The number of rotatable bonds is 4. The SMILES string of the molecule is COc1cc2ccnc(Nc3ccccc3C)c2cc1OC. The molecule has 0 fully saturated rings. The van der Waals surface area contributed by atoms with E-state index < -0.39 is 0 Å². The van der Waals surface area contributed by atoms with E-state index in [2.05, 4.69) is 23.3 Å². The maximum Gasteiger partial charge on any atom is 0.161 e. The van der Waals surface area contributed by atoms with Crippen LogP contribution in [0.5, 0.6) is 11.5 Å². The van der Waals surface area contributed by atoms with Gasteiger partial charge in [-0.1, -0.05) is 18.2 Å². The Morgan fingerprint density at radius 2 is 1.68 bits per heavy atom. The van der Waals surface area contributed by atoms with Crippen molar-refractivity contribution in [1.82, 2.24) is 4.98 Å². The Balaban J connectivity index is 2.12. The van der Waals surface area contributed by atoms with Crippen molar-refractivity contribution >= 4 is 22.3 Å². The highest BCUT2D eigenvalue weighted by atomic mass is 16.5. The molecule has 0 atom stereocenters. The first-order chi connectivity index (χ1) is 10.7. The van der Waals surface area contributed by atoms with E-state index in [0.717, 1.165) is 22.3 Å². The molecule has 0 radical (unpaired) electrons. The van der Waals surface area contributed by atoms with Crippen LogP contribution in [-0.2, 0) is 0 Å². The zero-order valence-electron chi connectivity index (χ0n) is 12.9. The largest absolute Gasteiger partial charge is 0.493 e. The number of hydrogen-bond donors (Lipinski definition) is 1. The van der Waals surface area contributed by atoms with Crippen LogP contribution in [0, 0.1) is 6.92 Å². The number of ether oxygens (including phenoxy) is 2. The minimum absolute atomic E-state index is 0.691. The standard InChI is InChI=1S/C18H18N2O2/c1-12-6-4-5-7-15(12)20-18-14-11-17(22-3)16(21-2)10-13(14)8-9-19-18/h4-11H,1-3H3,(H,19,20). The first kappa shape index (κ1) is 14.2. The maximum atomic E-state index is 5.39. The summed E-state index contributed by atoms with van der Waals surface area (Å²) in [7, 11) is 3.27. The quantitative estimate of drug-likeness (QED) is 0.779. The van der Waals surface area contributed by atoms with E-state index in [1.807, 2.05) is 36.4 Å². The van der Waals surface area contributed by atoms with E-state index in [1.165, 1.54) is 5.56 Å². The average molecular weight is 294 g/mol. The Morgan fingerprint density at radius 3 is 2.41 bits per heavy atom. The average Bonchev–Trinajstić information content (AvgIpc) is 2.56. The number of anilines is 2. The molecule has 0 bridgehead atoms. The Labute approximate surface area is 129 Å². The first-order valence-electron chi connectivity index (χ1n) is 7.06. The van der Waals surface area contributed by atoms with E-state index in [4.69, 9.17) is 9.47 Å². The monoisotopic (exact) mass is 294 g/mol. The van der Waals surface area contributed by atoms with E-state index in [0.29, 0.717) is 11.5 Å². The summed E-state index contributed by atoms with van der Waals surface area (Å²) in [6.45, 7) is 2.07. The van der Waals surface area contributed by atoms with E-state index in [-0.39, 0.29) is 0 Å². The van der Waals surface area contributed by atoms with Crippen molar-refractivity contribution in [2.75, 3.05) is 19.5 Å². The van der Waals surface area contributed by atoms with Crippen molar-refractivity contribution in [2.45, 2.75) is 6.92 Å². The van der Waals surface area contributed by atoms with Gasteiger partial charge in [-0.3, -0.25) is 0 Å². The topological polar surface area (TPSA) is 43.4 Å². The van der Waals surface area contributed by atoms with Gasteiger partial charge in [0.1, 0.15) is 5.82 Å². The summed E-state index contributed by atoms with van der Waals surface area (Å²) < 4.78 is 10.7. The van der Waals surface area contributed by atoms with Gasteiger partial charge in [0, 0.05) is 17.3 Å². The number of fused-ring (bicyclic) bond motifs is 1. The molecule has 0 aliphatic heterocycles. The molecule has 112 valence electrons. The van der Waals surface area contributed by atoms with Crippen molar-refractivity contribution in [2.24, 2.45) is 0 Å². The summed E-state index contributed by atoms with van der Waals surface area (Å²) >= 11 is 0. The Hall–Kier alpha value is -2.75. The molecule has 4 nitrogen and oxygen atoms in total. The predicted octanol–water partition coefficient (Wildman–Crippen LogP) is 4.30. The van der Waals surface area contributed by atoms with Gasteiger partial charge in [0.25, 0.3) is 0 Å². The van der Waals surface area contributed by atoms with Crippen molar-refractivity contribution < 1.29 is 9.47 Å². The molecule has 22 heavy (non-hydrogen) atoms. The third kappa shape index (κ3) is 2.55. The third-order valence-electron chi connectivity index (χ3n) is 3.67. The number of pyridine rings is 1. The molecule has 1 aromatic heterocycles. The number of nitrogens with one attached hydrogen (secondary N) is 1. The number of nitrogens with zero attached hydrogens (tertiary/aromatic N) is 1. The molecule has 0 amide bonds. The Kier molecular flexibility index (Phi) is 3.83. The van der Waals surface area contributed by atoms with Gasteiger partial charge in [-0.2, -0.15) is 0 Å². The maximum absolute atomic E-state index is 5.39. The molecule has 1 N–H and O–H groups in total. The number of aryl methyl sites for hydroxylation is 1. The molecule has 0 saturated carbocycles. The second-order valence-corrected chi connectivity index (χ2v) is 5.03. The van der Waals surface area contributed by atoms with Crippen LogP contribution in [0.2, 0.25) is 0 Å². The normalized spacial score (nSPS) is 10.5. The minimum Gasteiger partial charge on any atom is -0.493 e. The molecule has 4 heteroatoms. The molecule has 0 saturated heterocycles. The van der Waals surface area contributed by atoms with Gasteiger partial charge in [-0.15, -0.1) is 0 Å². The number of aromatic nitrogens is 1. The summed E-state index contributed by atoms with van der Waals surface area (Å²) in [5.74, 6) is 2.20. The highest BCUT2D eigenvalue weighted by Crippen LogP contribution is 2.35. The minimum atomic E-state index is 0.691. The van der Waals surface area contributed by atoms with Crippen molar-refractivity contribution in [1.29, 1.82) is 0 Å². The van der Waals surface area contributed by atoms with Crippen molar-refractivity contribution in [3.63, 3.8) is 0 Å². The van der Waals surface area contributed by atoms with Crippen LogP contribution in [-0.4, -0.2) is 19.2 Å². The lowest BCUT2D eigenvalue weighted by Gasteiger charge is -2.13. The molecule has 3 aromatic rings. The second kappa shape index (κ2) is 5.93. The molecule has 0 spiro atoms. The van der Waals surface area contributed by atoms with Gasteiger partial charge < -0.3 is 14.8 Å². The van der Waals surface area contributed by atoms with Gasteiger partial charge in [0.15, 0.2) is 11.5 Å². The number of hydrogen-bond acceptors (Lipinski definition) is 4. The lowest BCUT2D eigenvalue weighted by Crippen LogP contribution is -1.97. The molecule has 3 rings (SSSR count). The highest BCUT2D eigenvalue weighted by molar-refractivity contribution is 5.95. The van der Waals surface area contributed by atoms with Crippen LogP contribution < -0.4 is 14.8 Å². The molecular weight excluding hydrogens is 276 g/mol. The third-order valence-corrected chi connectivity index (χ3v) is 3.67. The molecule has 0 aliphatic rings. The molecular formula is C18H18N2O2.